The highest BCUT2D eigenvalue weighted by Gasteiger charge is 2.16. The van der Waals surface area contributed by atoms with Crippen molar-refractivity contribution in [3.05, 3.63) is 200 Å². The molecule has 3 heteroatoms. The third-order valence-electron chi connectivity index (χ3n) is 10.9. The Bertz CT molecular complexity index is 3170. The lowest BCUT2D eigenvalue weighted by Gasteiger charge is -2.26. The van der Waals surface area contributed by atoms with E-state index in [1.54, 1.807) is 0 Å². The molecule has 0 fully saturated rings. The highest BCUT2D eigenvalue weighted by Crippen LogP contribution is 2.43. The summed E-state index contributed by atoms with van der Waals surface area (Å²) in [6, 6.07) is 73.3. The number of hydrogen-bond donors (Lipinski definition) is 0. The summed E-state index contributed by atoms with van der Waals surface area (Å²) in [6.45, 7) is 0. The second kappa shape index (κ2) is 13.1. The molecule has 2 heterocycles. The maximum absolute atomic E-state index is 2.37. The van der Waals surface area contributed by atoms with Gasteiger partial charge in [0.15, 0.2) is 0 Å². The third-order valence-corrected chi connectivity index (χ3v) is 13.2. The van der Waals surface area contributed by atoms with Crippen LogP contribution in [0.5, 0.6) is 0 Å². The van der Waals surface area contributed by atoms with Gasteiger partial charge in [-0.05, 0) is 111 Å². The molecule has 0 N–H and O–H groups in total. The molecule has 11 rings (SSSR count). The first-order chi connectivity index (χ1) is 27.2. The Balaban J connectivity index is 0.978. The molecule has 0 atom stereocenters. The molecule has 0 radical (unpaired) electrons. The van der Waals surface area contributed by atoms with Gasteiger partial charge in [0.05, 0.1) is 0 Å². The van der Waals surface area contributed by atoms with Crippen molar-refractivity contribution in [3.8, 4) is 33.4 Å². The van der Waals surface area contributed by atoms with Crippen molar-refractivity contribution in [2.45, 2.75) is 0 Å². The van der Waals surface area contributed by atoms with Crippen LogP contribution in [0, 0.1) is 0 Å². The molecule has 258 valence electrons. The summed E-state index contributed by atoms with van der Waals surface area (Å²) in [7, 11) is 0. The lowest BCUT2D eigenvalue weighted by molar-refractivity contribution is 1.28. The van der Waals surface area contributed by atoms with Gasteiger partial charge in [0, 0.05) is 57.4 Å². The van der Waals surface area contributed by atoms with Crippen molar-refractivity contribution in [3.63, 3.8) is 0 Å². The largest absolute Gasteiger partial charge is 0.311 e. The van der Waals surface area contributed by atoms with Crippen molar-refractivity contribution in [2.75, 3.05) is 4.90 Å². The maximum atomic E-state index is 2.37. The van der Waals surface area contributed by atoms with E-state index in [-0.39, 0.29) is 0 Å². The molecule has 55 heavy (non-hydrogen) atoms. The highest BCUT2D eigenvalue weighted by molar-refractivity contribution is 7.26. The standard InChI is InChI=1S/C52H33NS2/c1-2-9-34(10-3-1)35-17-24-41(25-18-35)53(43-28-21-37(22-29-43)44-14-8-15-46-45-13-6-7-16-49(45)55-52(44)46)42-26-19-36(20-27-42)40-23-30-50-47(32-40)48-31-38-11-4-5-12-39(38)33-51(48)54-50/h1-33H. The molecule has 1 nitrogen and oxygen atoms in total. The molecular weight excluding hydrogens is 703 g/mol. The zero-order valence-electron chi connectivity index (χ0n) is 29.8. The topological polar surface area (TPSA) is 3.24 Å². The van der Waals surface area contributed by atoms with Crippen LogP contribution in [-0.2, 0) is 0 Å². The van der Waals surface area contributed by atoms with Crippen LogP contribution in [0.2, 0.25) is 0 Å². The van der Waals surface area contributed by atoms with Crippen LogP contribution in [0.15, 0.2) is 200 Å². The van der Waals surface area contributed by atoms with E-state index >= 15 is 0 Å². The molecule has 11 aromatic rings. The Morgan fingerprint density at radius 2 is 0.818 bits per heavy atom. The molecule has 0 saturated carbocycles. The molecule has 0 saturated heterocycles. The molecular formula is C52H33NS2. The van der Waals surface area contributed by atoms with E-state index in [1.165, 1.54) is 84.5 Å². The minimum Gasteiger partial charge on any atom is -0.311 e. The summed E-state index contributed by atoms with van der Waals surface area (Å²) in [6.07, 6.45) is 0. The van der Waals surface area contributed by atoms with E-state index in [2.05, 4.69) is 205 Å². The molecule has 0 unspecified atom stereocenters. The number of anilines is 3. The van der Waals surface area contributed by atoms with Gasteiger partial charge >= 0.3 is 0 Å². The zero-order chi connectivity index (χ0) is 36.3. The maximum Gasteiger partial charge on any atom is 0.0462 e. The lowest BCUT2D eigenvalue weighted by atomic mass is 10.0. The Labute approximate surface area is 327 Å². The van der Waals surface area contributed by atoms with Crippen LogP contribution in [0.4, 0.5) is 17.1 Å². The summed E-state index contributed by atoms with van der Waals surface area (Å²) in [4.78, 5) is 2.36. The van der Waals surface area contributed by atoms with Crippen LogP contribution in [0.1, 0.15) is 0 Å². The van der Waals surface area contributed by atoms with E-state index in [1.807, 2.05) is 22.7 Å². The van der Waals surface area contributed by atoms with Crippen molar-refractivity contribution in [1.29, 1.82) is 0 Å². The average Bonchev–Trinajstić information content (AvgIpc) is 3.81. The molecule has 0 amide bonds. The van der Waals surface area contributed by atoms with Gasteiger partial charge in [-0.15, -0.1) is 22.7 Å². The van der Waals surface area contributed by atoms with E-state index in [4.69, 9.17) is 0 Å². The fraction of sp³-hybridized carbons (Fsp3) is 0. The van der Waals surface area contributed by atoms with Crippen LogP contribution >= 0.6 is 22.7 Å². The minimum absolute atomic E-state index is 1.11. The van der Waals surface area contributed by atoms with Gasteiger partial charge in [-0.2, -0.15) is 0 Å². The lowest BCUT2D eigenvalue weighted by Crippen LogP contribution is -2.09. The van der Waals surface area contributed by atoms with Crippen LogP contribution < -0.4 is 4.90 Å². The quantitative estimate of drug-likeness (QED) is 0.164. The predicted octanol–water partition coefficient (Wildman–Crippen LogP) is 16.0. The molecule has 9 aromatic carbocycles. The summed E-state index contributed by atoms with van der Waals surface area (Å²) in [5.74, 6) is 0. The molecule has 2 aromatic heterocycles. The minimum atomic E-state index is 1.11. The van der Waals surface area contributed by atoms with Gasteiger partial charge < -0.3 is 4.90 Å². The summed E-state index contributed by atoms with van der Waals surface area (Å²) < 4.78 is 5.32. The van der Waals surface area contributed by atoms with E-state index in [0.717, 1.165) is 17.1 Å². The first kappa shape index (κ1) is 32.0. The fourth-order valence-corrected chi connectivity index (χ4v) is 10.4. The van der Waals surface area contributed by atoms with Crippen molar-refractivity contribution in [2.24, 2.45) is 0 Å². The van der Waals surface area contributed by atoms with Crippen LogP contribution in [-0.4, -0.2) is 0 Å². The van der Waals surface area contributed by atoms with Gasteiger partial charge in [-0.3, -0.25) is 0 Å². The fourth-order valence-electron chi connectivity index (χ4n) is 8.09. The van der Waals surface area contributed by atoms with Crippen molar-refractivity contribution >= 4 is 90.9 Å². The monoisotopic (exact) mass is 735 g/mol. The summed E-state index contributed by atoms with van der Waals surface area (Å²) in [5, 5.41) is 7.87. The molecule has 0 aliphatic carbocycles. The van der Waals surface area contributed by atoms with Crippen LogP contribution in [0.25, 0.3) is 84.5 Å². The number of fused-ring (bicyclic) bond motifs is 7. The SMILES string of the molecule is c1ccc(-c2ccc(N(c3ccc(-c4ccc5sc6cc7ccccc7cc6c5c4)cc3)c3ccc(-c4cccc5c4sc4ccccc45)cc3)cc2)cc1. The van der Waals surface area contributed by atoms with E-state index < -0.39 is 0 Å². The number of hydrogen-bond acceptors (Lipinski definition) is 3. The molecule has 0 aliphatic heterocycles. The van der Waals surface area contributed by atoms with Crippen LogP contribution in [0.3, 0.4) is 0 Å². The third kappa shape index (κ3) is 5.60. The highest BCUT2D eigenvalue weighted by atomic mass is 32.1. The number of benzene rings is 9. The Kier molecular flexibility index (Phi) is 7.61. The predicted molar refractivity (Wildman–Crippen MR) is 241 cm³/mol. The number of thiophene rings is 2. The second-order valence-electron chi connectivity index (χ2n) is 14.1. The number of rotatable bonds is 6. The first-order valence-electron chi connectivity index (χ1n) is 18.7. The molecule has 0 aliphatic rings. The summed E-state index contributed by atoms with van der Waals surface area (Å²) in [5.41, 5.74) is 10.7. The smallest absolute Gasteiger partial charge is 0.0462 e. The Morgan fingerprint density at radius 3 is 1.55 bits per heavy atom. The van der Waals surface area contributed by atoms with Gasteiger partial charge in [0.1, 0.15) is 0 Å². The van der Waals surface area contributed by atoms with Gasteiger partial charge in [-0.1, -0.05) is 133 Å². The van der Waals surface area contributed by atoms with Gasteiger partial charge in [0.25, 0.3) is 0 Å². The van der Waals surface area contributed by atoms with Crippen molar-refractivity contribution in [1.82, 2.24) is 0 Å². The number of nitrogens with zero attached hydrogens (tertiary/aromatic N) is 1. The summed E-state index contributed by atoms with van der Waals surface area (Å²) >= 11 is 3.75. The zero-order valence-corrected chi connectivity index (χ0v) is 31.4. The Hall–Kier alpha value is -6.52. The van der Waals surface area contributed by atoms with Crippen molar-refractivity contribution < 1.29 is 0 Å². The first-order valence-corrected chi connectivity index (χ1v) is 20.3. The van der Waals surface area contributed by atoms with E-state index in [9.17, 15) is 0 Å². The Morgan fingerprint density at radius 1 is 0.291 bits per heavy atom. The average molecular weight is 736 g/mol. The second-order valence-corrected chi connectivity index (χ2v) is 16.3. The molecule has 0 spiro atoms. The van der Waals surface area contributed by atoms with E-state index in [0.29, 0.717) is 0 Å². The van der Waals surface area contributed by atoms with Gasteiger partial charge in [0.2, 0.25) is 0 Å². The van der Waals surface area contributed by atoms with Gasteiger partial charge in [-0.25, -0.2) is 0 Å². The normalized spacial score (nSPS) is 11.6. The molecule has 0 bridgehead atoms.